The van der Waals surface area contributed by atoms with Crippen LogP contribution in [0.15, 0.2) is 0 Å². The van der Waals surface area contributed by atoms with Crippen LogP contribution < -0.4 is 5.73 Å². The zero-order chi connectivity index (χ0) is 12.3. The number of carbonyl (C=O) groups is 1. The average molecular weight is 240 g/mol. The molecule has 2 N–H and O–H groups in total. The smallest absolute Gasteiger partial charge is 0.239 e. The molecule has 2 saturated heterocycles. The van der Waals surface area contributed by atoms with Crippen molar-refractivity contribution < 1.29 is 4.79 Å². The summed E-state index contributed by atoms with van der Waals surface area (Å²) >= 11 is 0. The first-order chi connectivity index (χ1) is 8.22. The lowest BCUT2D eigenvalue weighted by Crippen LogP contribution is -2.43. The third kappa shape index (κ3) is 2.97. The number of likely N-dealkylation sites (N-methyl/N-ethyl adjacent to an activating group) is 1. The Balaban J connectivity index is 1.88. The molecule has 2 rings (SSSR count). The van der Waals surface area contributed by atoms with E-state index in [-0.39, 0.29) is 6.04 Å². The Labute approximate surface area is 104 Å². The summed E-state index contributed by atoms with van der Waals surface area (Å²) < 4.78 is 0. The molecule has 5 nitrogen and oxygen atoms in total. The number of carbonyl (C=O) groups excluding carboxylic acids is 1. The Kier molecular flexibility index (Phi) is 4.36. The SMILES string of the molecule is CN1CCC(N2CCCN(CCN)CC2)C1=O. The highest BCUT2D eigenvalue weighted by Crippen LogP contribution is 2.17. The van der Waals surface area contributed by atoms with E-state index >= 15 is 0 Å². The van der Waals surface area contributed by atoms with Gasteiger partial charge in [-0.1, -0.05) is 0 Å². The van der Waals surface area contributed by atoms with Crippen molar-refractivity contribution in [2.24, 2.45) is 5.73 Å². The maximum atomic E-state index is 12.0. The third-order valence-corrected chi connectivity index (χ3v) is 3.91. The van der Waals surface area contributed by atoms with Crippen molar-refractivity contribution in [2.45, 2.75) is 18.9 Å². The third-order valence-electron chi connectivity index (χ3n) is 3.91. The van der Waals surface area contributed by atoms with E-state index in [0.717, 1.165) is 58.7 Å². The van der Waals surface area contributed by atoms with Crippen LogP contribution in [-0.2, 0) is 4.79 Å². The Bertz CT molecular complexity index is 271. The van der Waals surface area contributed by atoms with Crippen LogP contribution in [0.5, 0.6) is 0 Å². The molecule has 0 saturated carbocycles. The first-order valence-electron chi connectivity index (χ1n) is 6.64. The minimum atomic E-state index is 0.137. The van der Waals surface area contributed by atoms with Gasteiger partial charge < -0.3 is 15.5 Å². The van der Waals surface area contributed by atoms with Crippen molar-refractivity contribution in [1.29, 1.82) is 0 Å². The van der Waals surface area contributed by atoms with E-state index < -0.39 is 0 Å². The molecule has 2 aliphatic rings. The van der Waals surface area contributed by atoms with E-state index in [4.69, 9.17) is 5.73 Å². The number of nitrogens with zero attached hydrogens (tertiary/aromatic N) is 3. The molecule has 0 aliphatic carbocycles. The second-order valence-corrected chi connectivity index (χ2v) is 5.08. The molecule has 1 unspecified atom stereocenters. The maximum Gasteiger partial charge on any atom is 0.239 e. The molecule has 2 fully saturated rings. The highest BCUT2D eigenvalue weighted by molar-refractivity contribution is 5.83. The van der Waals surface area contributed by atoms with Crippen LogP contribution in [0.3, 0.4) is 0 Å². The number of amides is 1. The predicted octanol–water partition coefficient (Wildman–Crippen LogP) is -0.816. The van der Waals surface area contributed by atoms with Gasteiger partial charge in [0.25, 0.3) is 0 Å². The summed E-state index contributed by atoms with van der Waals surface area (Å²) in [6.07, 6.45) is 2.14. The molecule has 0 aromatic rings. The molecular formula is C12H24N4O. The van der Waals surface area contributed by atoms with Gasteiger partial charge in [0.15, 0.2) is 0 Å². The predicted molar refractivity (Wildman–Crippen MR) is 67.7 cm³/mol. The zero-order valence-corrected chi connectivity index (χ0v) is 10.8. The molecular weight excluding hydrogens is 216 g/mol. The lowest BCUT2D eigenvalue weighted by Gasteiger charge is -2.26. The molecule has 5 heteroatoms. The van der Waals surface area contributed by atoms with Gasteiger partial charge in [-0.05, 0) is 19.4 Å². The minimum absolute atomic E-state index is 0.137. The van der Waals surface area contributed by atoms with E-state index in [9.17, 15) is 4.79 Å². The summed E-state index contributed by atoms with van der Waals surface area (Å²) in [5, 5.41) is 0. The van der Waals surface area contributed by atoms with Crippen LogP contribution in [0, 0.1) is 0 Å². The van der Waals surface area contributed by atoms with Gasteiger partial charge in [0.1, 0.15) is 0 Å². The highest BCUT2D eigenvalue weighted by atomic mass is 16.2. The standard InChI is InChI=1S/C12H24N4O/c1-14-7-3-11(12(14)17)16-6-2-5-15(8-4-13)9-10-16/h11H,2-10,13H2,1H3. The van der Waals surface area contributed by atoms with Crippen LogP contribution in [-0.4, -0.2) is 79.5 Å². The Morgan fingerprint density at radius 1 is 1.24 bits per heavy atom. The van der Waals surface area contributed by atoms with Crippen molar-refractivity contribution >= 4 is 5.91 Å². The van der Waals surface area contributed by atoms with E-state index in [1.54, 1.807) is 0 Å². The van der Waals surface area contributed by atoms with Crippen molar-refractivity contribution in [2.75, 3.05) is 52.9 Å². The van der Waals surface area contributed by atoms with Crippen LogP contribution in [0.4, 0.5) is 0 Å². The largest absolute Gasteiger partial charge is 0.344 e. The molecule has 1 amide bonds. The molecule has 0 aromatic carbocycles. The van der Waals surface area contributed by atoms with Gasteiger partial charge >= 0.3 is 0 Å². The molecule has 0 radical (unpaired) electrons. The maximum absolute atomic E-state index is 12.0. The summed E-state index contributed by atoms with van der Waals surface area (Å²) in [4.78, 5) is 18.6. The lowest BCUT2D eigenvalue weighted by molar-refractivity contribution is -0.131. The number of likely N-dealkylation sites (tertiary alicyclic amines) is 1. The second-order valence-electron chi connectivity index (χ2n) is 5.08. The van der Waals surface area contributed by atoms with Crippen molar-refractivity contribution in [3.8, 4) is 0 Å². The molecule has 0 bridgehead atoms. The van der Waals surface area contributed by atoms with Crippen molar-refractivity contribution in [3.05, 3.63) is 0 Å². The van der Waals surface area contributed by atoms with Crippen LogP contribution >= 0.6 is 0 Å². The fourth-order valence-corrected chi connectivity index (χ4v) is 2.85. The van der Waals surface area contributed by atoms with Gasteiger partial charge in [0, 0.05) is 46.3 Å². The summed E-state index contributed by atoms with van der Waals surface area (Å²) in [6, 6.07) is 0.137. The normalized spacial score (nSPS) is 28.7. The van der Waals surface area contributed by atoms with E-state index in [1.807, 2.05) is 11.9 Å². The van der Waals surface area contributed by atoms with Gasteiger partial charge in [-0.25, -0.2) is 0 Å². The van der Waals surface area contributed by atoms with E-state index in [0.29, 0.717) is 5.91 Å². The first-order valence-corrected chi connectivity index (χ1v) is 6.64. The average Bonchev–Trinajstić information content (AvgIpc) is 2.55. The summed E-state index contributed by atoms with van der Waals surface area (Å²) in [5.74, 6) is 0.303. The van der Waals surface area contributed by atoms with E-state index in [2.05, 4.69) is 9.80 Å². The number of nitrogens with two attached hydrogens (primary N) is 1. The second kappa shape index (κ2) is 5.80. The lowest BCUT2D eigenvalue weighted by atomic mass is 10.2. The molecule has 17 heavy (non-hydrogen) atoms. The fraction of sp³-hybridized carbons (Fsp3) is 0.917. The number of rotatable bonds is 3. The summed E-state index contributed by atoms with van der Waals surface area (Å²) in [5.41, 5.74) is 5.59. The molecule has 2 aliphatic heterocycles. The van der Waals surface area contributed by atoms with E-state index in [1.165, 1.54) is 0 Å². The Morgan fingerprint density at radius 3 is 2.71 bits per heavy atom. The first kappa shape index (κ1) is 12.8. The van der Waals surface area contributed by atoms with Crippen molar-refractivity contribution in [1.82, 2.24) is 14.7 Å². The van der Waals surface area contributed by atoms with Gasteiger partial charge in [0.2, 0.25) is 5.91 Å². The Morgan fingerprint density at radius 2 is 2.06 bits per heavy atom. The minimum Gasteiger partial charge on any atom is -0.344 e. The van der Waals surface area contributed by atoms with Gasteiger partial charge in [-0.15, -0.1) is 0 Å². The molecule has 2 heterocycles. The topological polar surface area (TPSA) is 52.8 Å². The summed E-state index contributed by atoms with van der Waals surface area (Å²) in [7, 11) is 1.90. The van der Waals surface area contributed by atoms with Crippen molar-refractivity contribution in [3.63, 3.8) is 0 Å². The molecule has 98 valence electrons. The van der Waals surface area contributed by atoms with Crippen LogP contribution in [0.2, 0.25) is 0 Å². The number of hydrogen-bond acceptors (Lipinski definition) is 4. The number of hydrogen-bond donors (Lipinski definition) is 1. The Hall–Kier alpha value is -0.650. The monoisotopic (exact) mass is 240 g/mol. The molecule has 0 aromatic heterocycles. The van der Waals surface area contributed by atoms with Crippen LogP contribution in [0.25, 0.3) is 0 Å². The molecule has 0 spiro atoms. The fourth-order valence-electron chi connectivity index (χ4n) is 2.85. The highest BCUT2D eigenvalue weighted by Gasteiger charge is 2.34. The zero-order valence-electron chi connectivity index (χ0n) is 10.8. The van der Waals surface area contributed by atoms with Gasteiger partial charge in [-0.2, -0.15) is 0 Å². The molecule has 1 atom stereocenters. The van der Waals surface area contributed by atoms with Crippen LogP contribution in [0.1, 0.15) is 12.8 Å². The quantitative estimate of drug-likeness (QED) is 0.700. The van der Waals surface area contributed by atoms with Gasteiger partial charge in [-0.3, -0.25) is 9.69 Å². The summed E-state index contributed by atoms with van der Waals surface area (Å²) in [6.45, 7) is 6.83. The van der Waals surface area contributed by atoms with Gasteiger partial charge in [0.05, 0.1) is 6.04 Å².